The van der Waals surface area contributed by atoms with E-state index in [9.17, 15) is 9.59 Å². The number of benzene rings is 2. The second-order valence-electron chi connectivity index (χ2n) is 5.00. The molecule has 0 heterocycles. The first-order chi connectivity index (χ1) is 11.6. The fraction of sp³-hybridized carbons (Fsp3) is 0.105. The normalized spacial score (nSPS) is 11.5. The van der Waals surface area contributed by atoms with Crippen molar-refractivity contribution in [2.24, 2.45) is 0 Å². The largest absolute Gasteiger partial charge is 0.449 e. The van der Waals surface area contributed by atoms with Crippen molar-refractivity contribution in [3.8, 4) is 6.07 Å². The highest BCUT2D eigenvalue weighted by Gasteiger charge is 2.16. The van der Waals surface area contributed by atoms with E-state index in [2.05, 4.69) is 5.32 Å². The van der Waals surface area contributed by atoms with Crippen LogP contribution in [0, 0.1) is 11.3 Å². The van der Waals surface area contributed by atoms with E-state index in [1.165, 1.54) is 13.0 Å². The first kappa shape index (κ1) is 17.0. The Bertz CT molecular complexity index is 792. The summed E-state index contributed by atoms with van der Waals surface area (Å²) in [7, 11) is 0. The standard InChI is InChI=1S/C19H16N2O3/c1-14(19(23)21-17-9-5-8-16(12-17)13-20)24-18(22)11-10-15-6-3-2-4-7-15/h2-12,14H,1H3,(H,21,23)/b11-10-/t14-/m1/s1. The monoisotopic (exact) mass is 320 g/mol. The van der Waals surface area contributed by atoms with Crippen LogP contribution in [0.2, 0.25) is 0 Å². The van der Waals surface area contributed by atoms with Gasteiger partial charge in [-0.2, -0.15) is 5.26 Å². The van der Waals surface area contributed by atoms with Crippen LogP contribution in [0.15, 0.2) is 60.7 Å². The lowest BCUT2D eigenvalue weighted by molar-refractivity contribution is -0.148. The minimum absolute atomic E-state index is 0.434. The molecular formula is C19H16N2O3. The Morgan fingerprint density at radius 2 is 1.92 bits per heavy atom. The van der Waals surface area contributed by atoms with E-state index >= 15 is 0 Å². The van der Waals surface area contributed by atoms with Gasteiger partial charge in [-0.25, -0.2) is 4.79 Å². The van der Waals surface area contributed by atoms with Crippen LogP contribution >= 0.6 is 0 Å². The van der Waals surface area contributed by atoms with Gasteiger partial charge in [0, 0.05) is 11.8 Å². The molecule has 0 saturated carbocycles. The van der Waals surface area contributed by atoms with Crippen LogP contribution in [0.25, 0.3) is 6.08 Å². The molecule has 24 heavy (non-hydrogen) atoms. The molecule has 5 heteroatoms. The van der Waals surface area contributed by atoms with E-state index < -0.39 is 18.0 Å². The van der Waals surface area contributed by atoms with E-state index in [1.54, 1.807) is 30.3 Å². The molecule has 1 atom stereocenters. The van der Waals surface area contributed by atoms with Gasteiger partial charge in [-0.15, -0.1) is 0 Å². The molecular weight excluding hydrogens is 304 g/mol. The number of carbonyl (C=O) groups is 2. The van der Waals surface area contributed by atoms with Gasteiger partial charge >= 0.3 is 5.97 Å². The SMILES string of the molecule is C[C@@H](OC(=O)/C=C\c1ccccc1)C(=O)Nc1cccc(C#N)c1. The first-order valence-electron chi connectivity index (χ1n) is 7.33. The second-order valence-corrected chi connectivity index (χ2v) is 5.00. The smallest absolute Gasteiger partial charge is 0.331 e. The maximum Gasteiger partial charge on any atom is 0.331 e. The van der Waals surface area contributed by atoms with E-state index in [0.29, 0.717) is 11.3 Å². The molecule has 2 aromatic carbocycles. The number of ether oxygens (including phenoxy) is 1. The number of hydrogen-bond acceptors (Lipinski definition) is 4. The number of nitrogens with zero attached hydrogens (tertiary/aromatic N) is 1. The summed E-state index contributed by atoms with van der Waals surface area (Å²) in [6, 6.07) is 17.8. The highest BCUT2D eigenvalue weighted by atomic mass is 16.5. The second kappa shape index (κ2) is 8.30. The average Bonchev–Trinajstić information content (AvgIpc) is 2.61. The summed E-state index contributed by atoms with van der Waals surface area (Å²) in [5, 5.41) is 11.4. The molecule has 120 valence electrons. The zero-order valence-corrected chi connectivity index (χ0v) is 13.1. The predicted molar refractivity (Wildman–Crippen MR) is 90.8 cm³/mol. The Morgan fingerprint density at radius 1 is 1.17 bits per heavy atom. The molecule has 5 nitrogen and oxygen atoms in total. The summed E-state index contributed by atoms with van der Waals surface area (Å²) >= 11 is 0. The van der Waals surface area contributed by atoms with Crippen molar-refractivity contribution in [3.05, 3.63) is 71.8 Å². The molecule has 1 N–H and O–H groups in total. The molecule has 0 aliphatic rings. The van der Waals surface area contributed by atoms with Crippen LogP contribution in [0.4, 0.5) is 5.69 Å². The number of amides is 1. The number of rotatable bonds is 5. The summed E-state index contributed by atoms with van der Waals surface area (Å²) in [5.41, 5.74) is 1.77. The van der Waals surface area contributed by atoms with E-state index in [1.807, 2.05) is 36.4 Å². The van der Waals surface area contributed by atoms with Crippen molar-refractivity contribution < 1.29 is 14.3 Å². The quantitative estimate of drug-likeness (QED) is 0.678. The Morgan fingerprint density at radius 3 is 2.62 bits per heavy atom. The Kier molecular flexibility index (Phi) is 5.87. The van der Waals surface area contributed by atoms with Crippen LogP contribution < -0.4 is 5.32 Å². The lowest BCUT2D eigenvalue weighted by Gasteiger charge is -2.12. The van der Waals surface area contributed by atoms with Gasteiger partial charge in [-0.3, -0.25) is 4.79 Å². The highest BCUT2D eigenvalue weighted by molar-refractivity contribution is 5.96. The van der Waals surface area contributed by atoms with Crippen molar-refractivity contribution in [2.45, 2.75) is 13.0 Å². The van der Waals surface area contributed by atoms with Gasteiger partial charge < -0.3 is 10.1 Å². The maximum absolute atomic E-state index is 12.0. The Labute approximate surface area is 140 Å². The van der Waals surface area contributed by atoms with Gasteiger partial charge in [0.1, 0.15) is 0 Å². The zero-order valence-electron chi connectivity index (χ0n) is 13.1. The summed E-state index contributed by atoms with van der Waals surface area (Å²) in [4.78, 5) is 23.8. The first-order valence-corrected chi connectivity index (χ1v) is 7.33. The molecule has 0 unspecified atom stereocenters. The molecule has 0 spiro atoms. The lowest BCUT2D eigenvalue weighted by Crippen LogP contribution is -2.29. The maximum atomic E-state index is 12.0. The molecule has 0 radical (unpaired) electrons. The van der Waals surface area contributed by atoms with Gasteiger partial charge in [-0.1, -0.05) is 36.4 Å². The summed E-state index contributed by atoms with van der Waals surface area (Å²) in [6.45, 7) is 1.48. The van der Waals surface area contributed by atoms with Gasteiger partial charge in [0.2, 0.25) is 0 Å². The highest BCUT2D eigenvalue weighted by Crippen LogP contribution is 2.11. The van der Waals surface area contributed by atoms with E-state index in [-0.39, 0.29) is 0 Å². The molecule has 0 aromatic heterocycles. The molecule has 2 aromatic rings. The van der Waals surface area contributed by atoms with Crippen molar-refractivity contribution in [3.63, 3.8) is 0 Å². The third kappa shape index (κ3) is 5.11. The van der Waals surface area contributed by atoms with E-state index in [0.717, 1.165) is 5.56 Å². The number of nitrogens with one attached hydrogen (secondary N) is 1. The van der Waals surface area contributed by atoms with Crippen LogP contribution in [0.5, 0.6) is 0 Å². The summed E-state index contributed by atoms with van der Waals surface area (Å²) in [5.74, 6) is -1.07. The van der Waals surface area contributed by atoms with Crippen LogP contribution in [-0.2, 0) is 14.3 Å². The van der Waals surface area contributed by atoms with Gasteiger partial charge in [0.15, 0.2) is 6.10 Å². The molecule has 0 fully saturated rings. The van der Waals surface area contributed by atoms with Gasteiger partial charge in [-0.05, 0) is 36.8 Å². The Hall–Kier alpha value is -3.39. The number of esters is 1. The van der Waals surface area contributed by atoms with Gasteiger partial charge in [0.05, 0.1) is 11.6 Å². The summed E-state index contributed by atoms with van der Waals surface area (Å²) < 4.78 is 5.06. The van der Waals surface area contributed by atoms with Crippen LogP contribution in [0.3, 0.4) is 0 Å². The third-order valence-electron chi connectivity index (χ3n) is 3.13. The third-order valence-corrected chi connectivity index (χ3v) is 3.13. The lowest BCUT2D eigenvalue weighted by atomic mass is 10.2. The van der Waals surface area contributed by atoms with Crippen molar-refractivity contribution in [2.75, 3.05) is 5.32 Å². The number of hydrogen-bond donors (Lipinski definition) is 1. The molecule has 0 aliphatic carbocycles. The number of carbonyl (C=O) groups excluding carboxylic acids is 2. The van der Waals surface area contributed by atoms with Crippen molar-refractivity contribution in [1.82, 2.24) is 0 Å². The Balaban J connectivity index is 1.90. The topological polar surface area (TPSA) is 79.2 Å². The number of nitriles is 1. The van der Waals surface area contributed by atoms with Crippen LogP contribution in [-0.4, -0.2) is 18.0 Å². The number of anilines is 1. The average molecular weight is 320 g/mol. The predicted octanol–water partition coefficient (Wildman–Crippen LogP) is 3.14. The fourth-order valence-electron chi connectivity index (χ4n) is 1.91. The molecule has 0 saturated heterocycles. The van der Waals surface area contributed by atoms with Crippen LogP contribution in [0.1, 0.15) is 18.1 Å². The summed E-state index contributed by atoms with van der Waals surface area (Å²) in [6.07, 6.45) is 1.93. The molecule has 2 rings (SSSR count). The van der Waals surface area contributed by atoms with E-state index in [4.69, 9.17) is 10.00 Å². The van der Waals surface area contributed by atoms with Crippen molar-refractivity contribution in [1.29, 1.82) is 5.26 Å². The molecule has 1 amide bonds. The molecule has 0 bridgehead atoms. The fourth-order valence-corrected chi connectivity index (χ4v) is 1.91. The zero-order chi connectivity index (χ0) is 17.4. The minimum atomic E-state index is -0.955. The van der Waals surface area contributed by atoms with Crippen molar-refractivity contribution >= 4 is 23.6 Å². The molecule has 0 aliphatic heterocycles. The minimum Gasteiger partial charge on any atom is -0.449 e. The van der Waals surface area contributed by atoms with Gasteiger partial charge in [0.25, 0.3) is 5.91 Å².